The van der Waals surface area contributed by atoms with Crippen molar-refractivity contribution >= 4 is 0 Å². The number of ether oxygens (including phenoxy) is 1. The summed E-state index contributed by atoms with van der Waals surface area (Å²) in [6, 6.07) is 0.492. The normalized spacial score (nSPS) is 33.2. The molecule has 3 saturated carbocycles. The van der Waals surface area contributed by atoms with Crippen LogP contribution in [0.1, 0.15) is 174 Å². The fraction of sp³-hybridized carbons (Fsp3) is 1.00. The van der Waals surface area contributed by atoms with Crippen molar-refractivity contribution in [3.8, 4) is 0 Å². The van der Waals surface area contributed by atoms with Crippen LogP contribution in [0.5, 0.6) is 0 Å². The largest absolute Gasteiger partial charge is 0.378 e. The second-order valence-corrected chi connectivity index (χ2v) is 13.1. The molecule has 0 amide bonds. The minimum absolute atomic E-state index is 0.305. The topological polar surface area (TPSA) is 41.5 Å². The van der Waals surface area contributed by atoms with Crippen LogP contribution in [-0.2, 0) is 4.74 Å². The molecule has 0 aliphatic heterocycles. The second kappa shape index (κ2) is 19.0. The zero-order chi connectivity index (χ0) is 25.3. The number of hydrogen-bond acceptors (Lipinski definition) is 3. The summed E-state index contributed by atoms with van der Waals surface area (Å²) in [5.74, 6) is 1.35. The first-order valence-corrected chi connectivity index (χ1v) is 16.8. The van der Waals surface area contributed by atoms with Crippen molar-refractivity contribution in [2.75, 3.05) is 0 Å². The van der Waals surface area contributed by atoms with Crippen LogP contribution < -0.4 is 5.32 Å². The molecule has 3 aliphatic rings. The zero-order valence-electron chi connectivity index (χ0n) is 24.2. The van der Waals surface area contributed by atoms with Crippen molar-refractivity contribution in [1.82, 2.24) is 5.32 Å². The molecular weight excluding hydrogens is 442 g/mol. The molecule has 3 rings (SSSR count). The summed E-state index contributed by atoms with van der Waals surface area (Å²) < 4.78 is 6.80. The van der Waals surface area contributed by atoms with Crippen molar-refractivity contribution in [3.05, 3.63) is 0 Å². The smallest absolute Gasteiger partial charge is 0.107 e. The fourth-order valence-corrected chi connectivity index (χ4v) is 7.25. The molecule has 0 radical (unpaired) electrons. The van der Waals surface area contributed by atoms with E-state index in [2.05, 4.69) is 12.2 Å². The SMILES string of the molecule is CC1CCCCC(C(O)NC2CCCCCC(OC3CCCCCCCCC3)CCCC2)CCCC1. The summed E-state index contributed by atoms with van der Waals surface area (Å²) in [6.07, 6.45) is 35.0. The lowest BCUT2D eigenvalue weighted by molar-refractivity contribution is -0.0327. The third-order valence-electron chi connectivity index (χ3n) is 9.74. The standard InChI is InChI=1S/C33H63NO2/c1-28-18-12-14-20-29(21-15-13-19-28)33(35)34-30-22-8-7-11-26-32(27-17-16-23-30)36-31-24-9-5-3-2-4-6-10-25-31/h28-35H,2-27H2,1H3. The van der Waals surface area contributed by atoms with Gasteiger partial charge in [-0.2, -0.15) is 0 Å². The van der Waals surface area contributed by atoms with Crippen molar-refractivity contribution in [2.45, 2.75) is 198 Å². The van der Waals surface area contributed by atoms with E-state index in [9.17, 15) is 5.11 Å². The third kappa shape index (κ3) is 13.1. The minimum Gasteiger partial charge on any atom is -0.378 e. The molecule has 0 aromatic heterocycles. The maximum Gasteiger partial charge on any atom is 0.107 e. The van der Waals surface area contributed by atoms with Gasteiger partial charge >= 0.3 is 0 Å². The summed E-state index contributed by atoms with van der Waals surface area (Å²) in [5, 5.41) is 14.9. The van der Waals surface area contributed by atoms with Crippen LogP contribution in [0.25, 0.3) is 0 Å². The molecule has 0 aromatic carbocycles. The summed E-state index contributed by atoms with van der Waals surface area (Å²) in [7, 11) is 0. The summed E-state index contributed by atoms with van der Waals surface area (Å²) in [6.45, 7) is 2.42. The molecule has 3 nitrogen and oxygen atoms in total. The van der Waals surface area contributed by atoms with Crippen LogP contribution in [0.3, 0.4) is 0 Å². The third-order valence-corrected chi connectivity index (χ3v) is 9.74. The summed E-state index contributed by atoms with van der Waals surface area (Å²) >= 11 is 0. The average Bonchev–Trinajstić information content (AvgIpc) is 2.93. The Bertz CT molecular complexity index is 504. The molecule has 0 saturated heterocycles. The van der Waals surface area contributed by atoms with Crippen LogP contribution in [-0.4, -0.2) is 29.6 Å². The van der Waals surface area contributed by atoms with Crippen LogP contribution in [0.4, 0.5) is 0 Å². The number of aliphatic hydroxyl groups is 1. The van der Waals surface area contributed by atoms with E-state index in [1.165, 1.54) is 167 Å². The maximum atomic E-state index is 11.2. The van der Waals surface area contributed by atoms with E-state index in [1.54, 1.807) is 0 Å². The van der Waals surface area contributed by atoms with Gasteiger partial charge in [0.1, 0.15) is 6.23 Å². The van der Waals surface area contributed by atoms with Gasteiger partial charge in [0.2, 0.25) is 0 Å². The van der Waals surface area contributed by atoms with Gasteiger partial charge in [-0.1, -0.05) is 122 Å². The molecule has 3 atom stereocenters. The zero-order valence-corrected chi connectivity index (χ0v) is 24.2. The van der Waals surface area contributed by atoms with E-state index in [0.29, 0.717) is 24.2 Å². The number of rotatable bonds is 5. The Morgan fingerprint density at radius 3 is 1.42 bits per heavy atom. The predicted octanol–water partition coefficient (Wildman–Crippen LogP) is 9.45. The molecule has 3 fully saturated rings. The Morgan fingerprint density at radius 1 is 0.500 bits per heavy atom. The monoisotopic (exact) mass is 505 g/mol. The molecule has 3 unspecified atom stereocenters. The number of hydrogen-bond donors (Lipinski definition) is 2. The lowest BCUT2D eigenvalue weighted by atomic mass is 9.87. The Labute approximate surface area is 225 Å². The van der Waals surface area contributed by atoms with E-state index in [1.807, 2.05) is 0 Å². The molecule has 2 N–H and O–H groups in total. The maximum absolute atomic E-state index is 11.2. The molecular formula is C33H63NO2. The highest BCUT2D eigenvalue weighted by atomic mass is 16.5. The van der Waals surface area contributed by atoms with Crippen molar-refractivity contribution in [3.63, 3.8) is 0 Å². The lowest BCUT2D eigenvalue weighted by Gasteiger charge is -2.29. The highest BCUT2D eigenvalue weighted by Crippen LogP contribution is 2.28. The van der Waals surface area contributed by atoms with Gasteiger partial charge in [0.05, 0.1) is 12.2 Å². The Balaban J connectivity index is 1.41. The first-order chi connectivity index (χ1) is 17.7. The van der Waals surface area contributed by atoms with Gasteiger partial charge in [-0.15, -0.1) is 0 Å². The lowest BCUT2D eigenvalue weighted by Crippen LogP contribution is -2.43. The van der Waals surface area contributed by atoms with Crippen molar-refractivity contribution < 1.29 is 9.84 Å². The Morgan fingerprint density at radius 2 is 0.861 bits per heavy atom. The van der Waals surface area contributed by atoms with Crippen LogP contribution in [0, 0.1) is 11.8 Å². The Hall–Kier alpha value is -0.120. The molecule has 0 bridgehead atoms. The van der Waals surface area contributed by atoms with Crippen molar-refractivity contribution in [2.24, 2.45) is 11.8 Å². The summed E-state index contributed by atoms with van der Waals surface area (Å²) in [5.41, 5.74) is 0. The minimum atomic E-state index is -0.305. The molecule has 212 valence electrons. The number of aliphatic hydroxyl groups excluding tert-OH is 1. The van der Waals surface area contributed by atoms with Crippen LogP contribution in [0.2, 0.25) is 0 Å². The molecule has 0 aromatic rings. The van der Waals surface area contributed by atoms with Gasteiger partial charge in [0.25, 0.3) is 0 Å². The predicted molar refractivity (Wildman–Crippen MR) is 154 cm³/mol. The molecule has 3 heteroatoms. The highest BCUT2D eigenvalue weighted by Gasteiger charge is 2.24. The molecule has 3 aliphatic carbocycles. The van der Waals surface area contributed by atoms with Gasteiger partial charge in [-0.25, -0.2) is 0 Å². The van der Waals surface area contributed by atoms with Crippen LogP contribution in [0.15, 0.2) is 0 Å². The van der Waals surface area contributed by atoms with E-state index in [-0.39, 0.29) is 6.23 Å². The first kappa shape index (κ1) is 30.4. The quantitative estimate of drug-likeness (QED) is 0.366. The first-order valence-electron chi connectivity index (χ1n) is 16.8. The summed E-state index contributed by atoms with van der Waals surface area (Å²) in [4.78, 5) is 0. The van der Waals surface area contributed by atoms with Gasteiger partial charge in [-0.05, 0) is 63.2 Å². The molecule has 0 heterocycles. The van der Waals surface area contributed by atoms with E-state index >= 15 is 0 Å². The van der Waals surface area contributed by atoms with E-state index in [4.69, 9.17) is 4.74 Å². The van der Waals surface area contributed by atoms with Crippen LogP contribution >= 0.6 is 0 Å². The Kier molecular flexibility index (Phi) is 16.1. The van der Waals surface area contributed by atoms with Crippen molar-refractivity contribution in [1.29, 1.82) is 0 Å². The van der Waals surface area contributed by atoms with Gasteiger partial charge in [0.15, 0.2) is 0 Å². The molecule has 36 heavy (non-hydrogen) atoms. The van der Waals surface area contributed by atoms with Gasteiger partial charge in [-0.3, -0.25) is 5.32 Å². The second-order valence-electron chi connectivity index (χ2n) is 13.1. The van der Waals surface area contributed by atoms with Gasteiger partial charge < -0.3 is 9.84 Å². The van der Waals surface area contributed by atoms with E-state index in [0.717, 1.165) is 5.92 Å². The van der Waals surface area contributed by atoms with Gasteiger partial charge in [0, 0.05) is 6.04 Å². The highest BCUT2D eigenvalue weighted by molar-refractivity contribution is 4.77. The fourth-order valence-electron chi connectivity index (χ4n) is 7.25. The average molecular weight is 506 g/mol. The van der Waals surface area contributed by atoms with E-state index < -0.39 is 0 Å². The molecule has 0 spiro atoms. The number of nitrogens with one attached hydrogen (secondary N) is 1.